The van der Waals surface area contributed by atoms with Crippen LogP contribution in [0.2, 0.25) is 0 Å². The van der Waals surface area contributed by atoms with Gasteiger partial charge in [-0.05, 0) is 40.5 Å². The van der Waals surface area contributed by atoms with Gasteiger partial charge in [0, 0.05) is 45.0 Å². The Morgan fingerprint density at radius 3 is 2.90 bits per heavy atom. The highest BCUT2D eigenvalue weighted by atomic mass is 16.1. The highest BCUT2D eigenvalue weighted by Gasteiger charge is 2.18. The Labute approximate surface area is 169 Å². The molecule has 1 amide bonds. The number of fused-ring (bicyclic) bond motifs is 1. The van der Waals surface area contributed by atoms with E-state index in [1.165, 1.54) is 11.1 Å². The van der Waals surface area contributed by atoms with Gasteiger partial charge in [-0.1, -0.05) is 24.3 Å². The fraction of sp³-hybridized carbons (Fsp3) is 0.450. The van der Waals surface area contributed by atoms with Gasteiger partial charge in [-0.25, -0.2) is 4.68 Å². The van der Waals surface area contributed by atoms with Gasteiger partial charge in [0.15, 0.2) is 5.82 Å². The first-order valence-corrected chi connectivity index (χ1v) is 10.1. The minimum absolute atomic E-state index is 0.0411. The van der Waals surface area contributed by atoms with Crippen LogP contribution in [0.15, 0.2) is 42.7 Å². The van der Waals surface area contributed by atoms with Gasteiger partial charge in [0.25, 0.3) is 0 Å². The summed E-state index contributed by atoms with van der Waals surface area (Å²) in [5.74, 6) is 0.892. The summed E-state index contributed by atoms with van der Waals surface area (Å²) in [7, 11) is 0. The molecule has 0 aliphatic carbocycles. The smallest absolute Gasteiger partial charge is 0.220 e. The molecule has 9 nitrogen and oxygen atoms in total. The van der Waals surface area contributed by atoms with E-state index in [2.05, 4.69) is 55.1 Å². The van der Waals surface area contributed by atoms with Crippen molar-refractivity contribution in [1.82, 2.24) is 40.2 Å². The summed E-state index contributed by atoms with van der Waals surface area (Å²) in [6.45, 7) is 4.53. The van der Waals surface area contributed by atoms with Gasteiger partial charge in [-0.15, -0.1) is 5.10 Å². The number of tetrazole rings is 1. The summed E-state index contributed by atoms with van der Waals surface area (Å²) in [5.41, 5.74) is 2.81. The minimum Gasteiger partial charge on any atom is -0.354 e. The van der Waals surface area contributed by atoms with Crippen LogP contribution < -0.4 is 5.32 Å². The summed E-state index contributed by atoms with van der Waals surface area (Å²) in [4.78, 5) is 14.4. The second kappa shape index (κ2) is 9.42. The average Bonchev–Trinajstić information content (AvgIpc) is 3.40. The van der Waals surface area contributed by atoms with Crippen molar-refractivity contribution in [3.05, 3.63) is 59.7 Å². The average molecular weight is 394 g/mol. The molecule has 4 rings (SSSR count). The molecule has 1 aliphatic rings. The van der Waals surface area contributed by atoms with E-state index in [0.717, 1.165) is 31.9 Å². The molecule has 0 saturated carbocycles. The number of carbonyl (C=O) groups excluding carboxylic acids is 1. The van der Waals surface area contributed by atoms with E-state index in [1.807, 2.05) is 16.9 Å². The van der Waals surface area contributed by atoms with Crippen LogP contribution in [0, 0.1) is 0 Å². The molecule has 1 aliphatic heterocycles. The molecule has 152 valence electrons. The number of aromatic nitrogens is 6. The number of amides is 1. The van der Waals surface area contributed by atoms with E-state index in [1.54, 1.807) is 10.9 Å². The van der Waals surface area contributed by atoms with Crippen molar-refractivity contribution >= 4 is 5.91 Å². The second-order valence-corrected chi connectivity index (χ2v) is 7.27. The Bertz CT molecular complexity index is 920. The van der Waals surface area contributed by atoms with Gasteiger partial charge in [0.05, 0.1) is 13.1 Å². The normalized spacial score (nSPS) is 13.9. The zero-order valence-corrected chi connectivity index (χ0v) is 16.4. The Balaban J connectivity index is 1.20. The fourth-order valence-electron chi connectivity index (χ4n) is 3.62. The number of nitrogens with zero attached hydrogens (tertiary/aromatic N) is 7. The van der Waals surface area contributed by atoms with Crippen LogP contribution in [0.5, 0.6) is 0 Å². The topological polar surface area (TPSA) is 93.8 Å². The van der Waals surface area contributed by atoms with E-state index in [4.69, 9.17) is 0 Å². The third-order valence-electron chi connectivity index (χ3n) is 5.18. The summed E-state index contributed by atoms with van der Waals surface area (Å²) in [5, 5.41) is 19.2. The van der Waals surface area contributed by atoms with Gasteiger partial charge < -0.3 is 5.32 Å². The van der Waals surface area contributed by atoms with Gasteiger partial charge >= 0.3 is 0 Å². The highest BCUT2D eigenvalue weighted by molar-refractivity contribution is 5.75. The molecule has 0 fully saturated rings. The molecule has 0 unspecified atom stereocenters. The van der Waals surface area contributed by atoms with Crippen molar-refractivity contribution < 1.29 is 4.79 Å². The first kappa shape index (κ1) is 19.3. The third-order valence-corrected chi connectivity index (χ3v) is 5.18. The third kappa shape index (κ3) is 5.26. The lowest BCUT2D eigenvalue weighted by molar-refractivity contribution is -0.121. The lowest BCUT2D eigenvalue weighted by Gasteiger charge is -2.28. The van der Waals surface area contributed by atoms with E-state index in [9.17, 15) is 4.79 Å². The lowest BCUT2D eigenvalue weighted by Crippen LogP contribution is -2.31. The number of aryl methyl sites for hydroxylation is 1. The number of benzene rings is 1. The maximum Gasteiger partial charge on any atom is 0.220 e. The first-order valence-electron chi connectivity index (χ1n) is 10.1. The van der Waals surface area contributed by atoms with Crippen LogP contribution in [-0.2, 0) is 37.4 Å². The molecule has 0 spiro atoms. The van der Waals surface area contributed by atoms with Crippen LogP contribution in [0.3, 0.4) is 0 Å². The predicted octanol–water partition coefficient (Wildman–Crippen LogP) is 1.02. The van der Waals surface area contributed by atoms with E-state index in [-0.39, 0.29) is 5.91 Å². The molecule has 0 atom stereocenters. The van der Waals surface area contributed by atoms with Crippen LogP contribution in [0.4, 0.5) is 0 Å². The molecule has 0 saturated heterocycles. The standard InChI is InChI=1S/C20H26N8O/c29-20(21-10-14-27-11-4-9-22-27)7-3-12-28-19(23-24-25-28)16-26-13-8-17-5-1-2-6-18(17)15-26/h1-2,4-6,9,11H,3,7-8,10,12-16H2,(H,21,29). The van der Waals surface area contributed by atoms with Gasteiger partial charge in [0.1, 0.15) is 0 Å². The van der Waals surface area contributed by atoms with Gasteiger partial charge in [-0.2, -0.15) is 5.10 Å². The molecule has 1 N–H and O–H groups in total. The highest BCUT2D eigenvalue weighted by Crippen LogP contribution is 2.19. The monoisotopic (exact) mass is 394 g/mol. The lowest BCUT2D eigenvalue weighted by atomic mass is 10.00. The van der Waals surface area contributed by atoms with Crippen LogP contribution >= 0.6 is 0 Å². The number of hydrogen-bond donors (Lipinski definition) is 1. The molecule has 0 radical (unpaired) electrons. The molecule has 0 bridgehead atoms. The molecule has 3 aromatic rings. The Morgan fingerprint density at radius 1 is 1.14 bits per heavy atom. The van der Waals surface area contributed by atoms with Crippen LogP contribution in [0.1, 0.15) is 29.8 Å². The van der Waals surface area contributed by atoms with Crippen molar-refractivity contribution in [3.8, 4) is 0 Å². The molecule has 9 heteroatoms. The van der Waals surface area contributed by atoms with Crippen molar-refractivity contribution in [1.29, 1.82) is 0 Å². The number of nitrogens with one attached hydrogen (secondary N) is 1. The molecular weight excluding hydrogens is 368 g/mol. The van der Waals surface area contributed by atoms with E-state index in [0.29, 0.717) is 32.5 Å². The summed E-state index contributed by atoms with van der Waals surface area (Å²) in [6, 6.07) is 10.5. The zero-order chi connectivity index (χ0) is 19.9. The Kier molecular flexibility index (Phi) is 6.25. The van der Waals surface area contributed by atoms with Crippen molar-refractivity contribution in [2.45, 2.75) is 45.4 Å². The molecule has 3 heterocycles. The van der Waals surface area contributed by atoms with Crippen molar-refractivity contribution in [3.63, 3.8) is 0 Å². The van der Waals surface area contributed by atoms with Gasteiger partial charge in [0.2, 0.25) is 5.91 Å². The molecule has 1 aromatic carbocycles. The Hall–Kier alpha value is -3.07. The second-order valence-electron chi connectivity index (χ2n) is 7.27. The van der Waals surface area contributed by atoms with E-state index >= 15 is 0 Å². The maximum absolute atomic E-state index is 12.0. The number of carbonyl (C=O) groups is 1. The van der Waals surface area contributed by atoms with E-state index < -0.39 is 0 Å². The summed E-state index contributed by atoms with van der Waals surface area (Å²) in [6.07, 6.45) is 5.82. The quantitative estimate of drug-likeness (QED) is 0.583. The van der Waals surface area contributed by atoms with Gasteiger partial charge in [-0.3, -0.25) is 14.4 Å². The van der Waals surface area contributed by atoms with Crippen LogP contribution in [-0.4, -0.2) is 53.9 Å². The molecular formula is C20H26N8O. The predicted molar refractivity (Wildman–Crippen MR) is 107 cm³/mol. The zero-order valence-electron chi connectivity index (χ0n) is 16.4. The number of rotatable bonds is 9. The largest absolute Gasteiger partial charge is 0.354 e. The molecule has 29 heavy (non-hydrogen) atoms. The van der Waals surface area contributed by atoms with Crippen molar-refractivity contribution in [2.24, 2.45) is 0 Å². The fourth-order valence-corrected chi connectivity index (χ4v) is 3.62. The Morgan fingerprint density at radius 2 is 2.03 bits per heavy atom. The summed E-state index contributed by atoms with van der Waals surface area (Å²) < 4.78 is 3.62. The number of hydrogen-bond acceptors (Lipinski definition) is 6. The molecule has 2 aromatic heterocycles. The van der Waals surface area contributed by atoms with Crippen LogP contribution in [0.25, 0.3) is 0 Å². The van der Waals surface area contributed by atoms with Crippen molar-refractivity contribution in [2.75, 3.05) is 13.1 Å². The SMILES string of the molecule is O=C(CCCn1nnnc1CN1CCc2ccccc2C1)NCCn1cccn1. The minimum atomic E-state index is 0.0411. The maximum atomic E-state index is 12.0. The summed E-state index contributed by atoms with van der Waals surface area (Å²) >= 11 is 0. The first-order chi connectivity index (χ1) is 14.3.